The average Bonchev–Trinajstić information content (AvgIpc) is 3.29. The summed E-state index contributed by atoms with van der Waals surface area (Å²) < 4.78 is 13.5. The predicted octanol–water partition coefficient (Wildman–Crippen LogP) is 4.34. The van der Waals surface area contributed by atoms with Gasteiger partial charge in [-0.15, -0.1) is 0 Å². The minimum atomic E-state index is -0.235. The van der Waals surface area contributed by atoms with Crippen molar-refractivity contribution in [1.29, 1.82) is 0 Å². The summed E-state index contributed by atoms with van der Waals surface area (Å²) in [5.41, 5.74) is 3.05. The first-order chi connectivity index (χ1) is 17.0. The Bertz CT molecular complexity index is 1220. The molecule has 1 saturated heterocycles. The second-order valence-corrected chi connectivity index (χ2v) is 10.1. The van der Waals surface area contributed by atoms with E-state index in [0.29, 0.717) is 23.8 Å². The third kappa shape index (κ3) is 3.92. The molecule has 8 nitrogen and oxygen atoms in total. The van der Waals surface area contributed by atoms with Crippen molar-refractivity contribution in [2.24, 2.45) is 11.8 Å². The monoisotopic (exact) mass is 474 g/mol. The Kier molecular flexibility index (Phi) is 5.42. The number of hydrogen-bond donors (Lipinski definition) is 2. The van der Waals surface area contributed by atoms with Crippen LogP contribution >= 0.6 is 0 Å². The maximum Gasteiger partial charge on any atom is 0.226 e. The third-order valence-corrected chi connectivity index (χ3v) is 7.75. The van der Waals surface area contributed by atoms with E-state index in [1.54, 1.807) is 6.33 Å². The van der Waals surface area contributed by atoms with Gasteiger partial charge in [0, 0.05) is 61.7 Å². The number of rotatable bonds is 5. The molecule has 4 heterocycles. The molecular formula is C26H31FN8. The number of aryl methyl sites for hydroxylation is 1. The Balaban J connectivity index is 1.27. The Hall–Kier alpha value is -3.49. The van der Waals surface area contributed by atoms with Gasteiger partial charge in [0.05, 0.1) is 0 Å². The van der Waals surface area contributed by atoms with E-state index >= 15 is 0 Å². The summed E-state index contributed by atoms with van der Waals surface area (Å²) in [5, 5.41) is 7.01. The van der Waals surface area contributed by atoms with Crippen molar-refractivity contribution >= 4 is 29.1 Å². The standard InChI is InChI=1S/C26H31FN8/c1-15-11-35(20-8-6-19(27)7-9-20)25-22(15)24(28-3)32-26(33-25)31-23-17-4-5-18(23)13-34(12-17)21-10-16(2)29-14-30-21/h6-10,14-15,17-18,23H,4-5,11-13H2,1-3H3,(H2,28,31,32,33)/t15-,17-,18+,23+/m1/s1. The first-order valence-electron chi connectivity index (χ1n) is 12.4. The number of nitrogens with one attached hydrogen (secondary N) is 2. The molecular weight excluding hydrogens is 443 g/mol. The topological polar surface area (TPSA) is 82.1 Å². The van der Waals surface area contributed by atoms with Crippen LogP contribution in [0.25, 0.3) is 0 Å². The van der Waals surface area contributed by atoms with Crippen LogP contribution in [0, 0.1) is 24.6 Å². The summed E-state index contributed by atoms with van der Waals surface area (Å²) in [4.78, 5) is 23.2. The minimum Gasteiger partial charge on any atom is -0.373 e. The first kappa shape index (κ1) is 22.0. The van der Waals surface area contributed by atoms with Gasteiger partial charge in [-0.3, -0.25) is 0 Å². The Morgan fingerprint density at radius 2 is 1.74 bits per heavy atom. The lowest BCUT2D eigenvalue weighted by atomic mass is 9.92. The molecule has 6 rings (SSSR count). The van der Waals surface area contributed by atoms with Gasteiger partial charge in [-0.1, -0.05) is 6.92 Å². The highest BCUT2D eigenvalue weighted by Crippen LogP contribution is 2.44. The molecule has 1 aliphatic carbocycles. The van der Waals surface area contributed by atoms with E-state index in [0.717, 1.165) is 54.0 Å². The Labute approximate surface area is 205 Å². The van der Waals surface area contributed by atoms with E-state index in [9.17, 15) is 4.39 Å². The van der Waals surface area contributed by atoms with Crippen LogP contribution in [0.3, 0.4) is 0 Å². The zero-order valence-electron chi connectivity index (χ0n) is 20.4. The van der Waals surface area contributed by atoms with Crippen molar-refractivity contribution in [3.05, 3.63) is 53.7 Å². The average molecular weight is 475 g/mol. The van der Waals surface area contributed by atoms with Gasteiger partial charge in [-0.2, -0.15) is 9.97 Å². The Morgan fingerprint density at radius 1 is 1.00 bits per heavy atom. The first-order valence-corrected chi connectivity index (χ1v) is 12.4. The lowest BCUT2D eigenvalue weighted by molar-refractivity contribution is 0.375. The maximum absolute atomic E-state index is 13.5. The van der Waals surface area contributed by atoms with Gasteiger partial charge in [0.25, 0.3) is 0 Å². The van der Waals surface area contributed by atoms with Crippen LogP contribution in [0.2, 0.25) is 0 Å². The molecule has 2 aliphatic heterocycles. The van der Waals surface area contributed by atoms with Gasteiger partial charge >= 0.3 is 0 Å². The van der Waals surface area contributed by atoms with Crippen LogP contribution in [0.5, 0.6) is 0 Å². The normalized spacial score (nSPS) is 25.0. The molecule has 2 N–H and O–H groups in total. The third-order valence-electron chi connectivity index (χ3n) is 7.75. The van der Waals surface area contributed by atoms with Gasteiger partial charge in [0.2, 0.25) is 5.95 Å². The zero-order chi connectivity index (χ0) is 24.1. The van der Waals surface area contributed by atoms with Crippen molar-refractivity contribution in [3.63, 3.8) is 0 Å². The summed E-state index contributed by atoms with van der Waals surface area (Å²) in [5.74, 6) is 4.47. The van der Waals surface area contributed by atoms with Crippen LogP contribution in [0.15, 0.2) is 36.7 Å². The van der Waals surface area contributed by atoms with E-state index in [2.05, 4.69) is 43.4 Å². The van der Waals surface area contributed by atoms with Crippen molar-refractivity contribution in [3.8, 4) is 0 Å². The second-order valence-electron chi connectivity index (χ2n) is 10.1. The van der Waals surface area contributed by atoms with E-state index in [1.165, 1.54) is 25.0 Å². The van der Waals surface area contributed by atoms with E-state index in [4.69, 9.17) is 9.97 Å². The van der Waals surface area contributed by atoms with Crippen LogP contribution in [0.4, 0.5) is 33.5 Å². The van der Waals surface area contributed by atoms with Crippen molar-refractivity contribution in [1.82, 2.24) is 19.9 Å². The number of halogens is 1. The number of hydrogen-bond acceptors (Lipinski definition) is 8. The molecule has 0 radical (unpaired) electrons. The molecule has 182 valence electrons. The van der Waals surface area contributed by atoms with Crippen LogP contribution in [-0.4, -0.2) is 52.7 Å². The van der Waals surface area contributed by atoms with E-state index in [-0.39, 0.29) is 11.7 Å². The number of aromatic nitrogens is 4. The van der Waals surface area contributed by atoms with Gasteiger partial charge in [0.15, 0.2) is 0 Å². The highest BCUT2D eigenvalue weighted by molar-refractivity contribution is 5.74. The fourth-order valence-corrected chi connectivity index (χ4v) is 6.08. The van der Waals surface area contributed by atoms with Crippen molar-refractivity contribution in [2.45, 2.75) is 38.6 Å². The lowest BCUT2D eigenvalue weighted by Crippen LogP contribution is -2.48. The van der Waals surface area contributed by atoms with E-state index in [1.807, 2.05) is 26.1 Å². The molecule has 2 bridgehead atoms. The number of nitrogens with zero attached hydrogens (tertiary/aromatic N) is 6. The second kappa shape index (κ2) is 8.62. The summed E-state index contributed by atoms with van der Waals surface area (Å²) in [6.45, 7) is 6.91. The predicted molar refractivity (Wildman–Crippen MR) is 136 cm³/mol. The fourth-order valence-electron chi connectivity index (χ4n) is 6.08. The molecule has 9 heteroatoms. The maximum atomic E-state index is 13.5. The molecule has 1 saturated carbocycles. The molecule has 35 heavy (non-hydrogen) atoms. The highest BCUT2D eigenvalue weighted by atomic mass is 19.1. The molecule has 3 aromatic rings. The largest absolute Gasteiger partial charge is 0.373 e. The summed E-state index contributed by atoms with van der Waals surface area (Å²) in [6.07, 6.45) is 4.03. The lowest BCUT2D eigenvalue weighted by Gasteiger charge is -2.39. The van der Waals surface area contributed by atoms with Gasteiger partial charge in [-0.05, 0) is 55.9 Å². The molecule has 0 amide bonds. The van der Waals surface area contributed by atoms with Gasteiger partial charge in [0.1, 0.15) is 29.6 Å². The SMILES string of the molecule is CNc1nc(N[C@H]2[C@@H]3CC[C@H]2CN(c2cc(C)ncn2)C3)nc2c1[C@H](C)CN2c1ccc(F)cc1. The number of benzene rings is 1. The van der Waals surface area contributed by atoms with Crippen molar-refractivity contribution in [2.75, 3.05) is 47.1 Å². The number of anilines is 5. The van der Waals surface area contributed by atoms with Crippen molar-refractivity contribution < 1.29 is 4.39 Å². The quantitative estimate of drug-likeness (QED) is 0.565. The van der Waals surface area contributed by atoms with Crippen LogP contribution in [-0.2, 0) is 0 Å². The van der Waals surface area contributed by atoms with Crippen LogP contribution in [0.1, 0.15) is 36.9 Å². The molecule has 3 aliphatic rings. The molecule has 0 unspecified atom stereocenters. The minimum absolute atomic E-state index is 0.235. The zero-order valence-corrected chi connectivity index (χ0v) is 20.4. The van der Waals surface area contributed by atoms with Gasteiger partial charge in [-0.25, -0.2) is 14.4 Å². The van der Waals surface area contributed by atoms with Crippen LogP contribution < -0.4 is 20.4 Å². The summed E-state index contributed by atoms with van der Waals surface area (Å²) in [6, 6.07) is 9.03. The molecule has 1 aromatic carbocycles. The molecule has 2 aromatic heterocycles. The Morgan fingerprint density at radius 3 is 2.43 bits per heavy atom. The molecule has 0 spiro atoms. The summed E-state index contributed by atoms with van der Waals surface area (Å²) >= 11 is 0. The fraction of sp³-hybridized carbons (Fsp3) is 0.462. The van der Waals surface area contributed by atoms with E-state index < -0.39 is 0 Å². The van der Waals surface area contributed by atoms with Gasteiger partial charge < -0.3 is 20.4 Å². The molecule has 4 atom stereocenters. The smallest absolute Gasteiger partial charge is 0.226 e. The highest BCUT2D eigenvalue weighted by Gasteiger charge is 2.43. The number of piperidine rings is 1. The molecule has 2 fully saturated rings. The number of fused-ring (bicyclic) bond motifs is 3. The summed E-state index contributed by atoms with van der Waals surface area (Å²) in [7, 11) is 1.91.